The normalized spacial score (nSPS) is 12.8. The fraction of sp³-hybridized carbons (Fsp3) is 0.800. The van der Waals surface area contributed by atoms with Crippen molar-refractivity contribution in [2.45, 2.75) is 25.9 Å². The maximum absolute atomic E-state index is 9.40. The van der Waals surface area contributed by atoms with E-state index in [0.29, 0.717) is 24.7 Å². The highest BCUT2D eigenvalue weighted by atomic mass is 35.5. The summed E-state index contributed by atoms with van der Waals surface area (Å²) in [6.45, 7) is 7.73. The predicted octanol–water partition coefficient (Wildman–Crippen LogP) is 1.51. The minimum atomic E-state index is -0.470. The standard InChI is InChI=1S/C10H20ClNO2/c1-3-4-5-14-8-10(13)7-12-6-9(2)11/h10,12-13H,2-8H2,1H3. The van der Waals surface area contributed by atoms with Crippen LogP contribution < -0.4 is 5.32 Å². The zero-order chi connectivity index (χ0) is 10.8. The van der Waals surface area contributed by atoms with Gasteiger partial charge in [0.1, 0.15) is 0 Å². The summed E-state index contributed by atoms with van der Waals surface area (Å²) in [5.41, 5.74) is 0. The van der Waals surface area contributed by atoms with Crippen LogP contribution in [0.5, 0.6) is 0 Å². The molecular formula is C10H20ClNO2. The first-order chi connectivity index (χ1) is 6.66. The fourth-order valence-electron chi connectivity index (χ4n) is 0.899. The lowest BCUT2D eigenvalue weighted by molar-refractivity contribution is 0.0364. The fourth-order valence-corrected chi connectivity index (χ4v) is 0.994. The number of aliphatic hydroxyl groups is 1. The molecule has 0 aliphatic carbocycles. The first kappa shape index (κ1) is 13.9. The van der Waals surface area contributed by atoms with Crippen molar-refractivity contribution in [2.24, 2.45) is 0 Å². The van der Waals surface area contributed by atoms with Crippen molar-refractivity contribution < 1.29 is 9.84 Å². The van der Waals surface area contributed by atoms with Crippen LogP contribution in [0.2, 0.25) is 0 Å². The lowest BCUT2D eigenvalue weighted by atomic mass is 10.3. The average Bonchev–Trinajstić information content (AvgIpc) is 2.12. The van der Waals surface area contributed by atoms with E-state index in [1.165, 1.54) is 0 Å². The van der Waals surface area contributed by atoms with Crippen molar-refractivity contribution in [2.75, 3.05) is 26.3 Å². The maximum Gasteiger partial charge on any atom is 0.0897 e. The van der Waals surface area contributed by atoms with Crippen LogP contribution in [0.15, 0.2) is 11.6 Å². The van der Waals surface area contributed by atoms with Crippen molar-refractivity contribution in [1.29, 1.82) is 0 Å². The van der Waals surface area contributed by atoms with E-state index in [9.17, 15) is 5.11 Å². The van der Waals surface area contributed by atoms with Crippen LogP contribution in [0, 0.1) is 0 Å². The number of hydrogen-bond acceptors (Lipinski definition) is 3. The second-order valence-corrected chi connectivity index (χ2v) is 3.76. The molecule has 0 saturated heterocycles. The molecule has 0 bridgehead atoms. The van der Waals surface area contributed by atoms with Crippen LogP contribution in [-0.2, 0) is 4.74 Å². The number of unbranched alkanes of at least 4 members (excludes halogenated alkanes) is 1. The van der Waals surface area contributed by atoms with E-state index >= 15 is 0 Å². The van der Waals surface area contributed by atoms with Crippen LogP contribution in [0.25, 0.3) is 0 Å². The van der Waals surface area contributed by atoms with E-state index in [4.69, 9.17) is 16.3 Å². The van der Waals surface area contributed by atoms with Gasteiger partial charge < -0.3 is 15.2 Å². The van der Waals surface area contributed by atoms with Crippen LogP contribution in [0.1, 0.15) is 19.8 Å². The number of hydrogen-bond donors (Lipinski definition) is 2. The summed E-state index contributed by atoms with van der Waals surface area (Å²) in [5, 5.41) is 12.9. The van der Waals surface area contributed by atoms with Crippen molar-refractivity contribution in [1.82, 2.24) is 5.32 Å². The Balaban J connectivity index is 3.19. The highest BCUT2D eigenvalue weighted by molar-refractivity contribution is 6.29. The molecule has 0 aliphatic rings. The Morgan fingerprint density at radius 2 is 2.36 bits per heavy atom. The summed E-state index contributed by atoms with van der Waals surface area (Å²) in [7, 11) is 0. The van der Waals surface area contributed by atoms with Gasteiger partial charge in [0.25, 0.3) is 0 Å². The molecule has 0 aromatic heterocycles. The highest BCUT2D eigenvalue weighted by Crippen LogP contribution is 1.93. The Hall–Kier alpha value is -0.0900. The van der Waals surface area contributed by atoms with E-state index < -0.39 is 6.10 Å². The number of nitrogens with one attached hydrogen (secondary N) is 1. The maximum atomic E-state index is 9.40. The molecule has 0 aromatic carbocycles. The third-order valence-electron chi connectivity index (χ3n) is 1.65. The molecular weight excluding hydrogens is 202 g/mol. The van der Waals surface area contributed by atoms with Crippen LogP contribution in [0.3, 0.4) is 0 Å². The summed E-state index contributed by atoms with van der Waals surface area (Å²) in [5.74, 6) is 0. The van der Waals surface area contributed by atoms with Gasteiger partial charge in [-0.3, -0.25) is 0 Å². The smallest absolute Gasteiger partial charge is 0.0897 e. The third-order valence-corrected chi connectivity index (χ3v) is 1.78. The van der Waals surface area contributed by atoms with Gasteiger partial charge in [0.2, 0.25) is 0 Å². The monoisotopic (exact) mass is 221 g/mol. The number of aliphatic hydroxyl groups excluding tert-OH is 1. The topological polar surface area (TPSA) is 41.5 Å². The van der Waals surface area contributed by atoms with E-state index in [1.807, 2.05) is 0 Å². The Morgan fingerprint density at radius 3 is 2.93 bits per heavy atom. The molecule has 0 rings (SSSR count). The molecule has 0 heterocycles. The Morgan fingerprint density at radius 1 is 1.64 bits per heavy atom. The van der Waals surface area contributed by atoms with Gasteiger partial charge in [-0.25, -0.2) is 0 Å². The lowest BCUT2D eigenvalue weighted by Crippen LogP contribution is -2.31. The van der Waals surface area contributed by atoms with Gasteiger partial charge in [-0.2, -0.15) is 0 Å². The molecule has 0 radical (unpaired) electrons. The van der Waals surface area contributed by atoms with Gasteiger partial charge in [-0.05, 0) is 6.42 Å². The van der Waals surface area contributed by atoms with Gasteiger partial charge in [-0.15, -0.1) is 0 Å². The number of ether oxygens (including phenoxy) is 1. The Kier molecular flexibility index (Phi) is 9.40. The second kappa shape index (κ2) is 9.46. The highest BCUT2D eigenvalue weighted by Gasteiger charge is 2.02. The third kappa shape index (κ3) is 9.99. The largest absolute Gasteiger partial charge is 0.389 e. The lowest BCUT2D eigenvalue weighted by Gasteiger charge is -2.11. The van der Waals surface area contributed by atoms with E-state index in [-0.39, 0.29) is 0 Å². The molecule has 4 heteroatoms. The Bertz CT molecular complexity index is 153. The van der Waals surface area contributed by atoms with Gasteiger partial charge in [0.15, 0.2) is 0 Å². The summed E-state index contributed by atoms with van der Waals surface area (Å²) in [4.78, 5) is 0. The van der Waals surface area contributed by atoms with Gasteiger partial charge in [0, 0.05) is 24.7 Å². The molecule has 1 unspecified atom stereocenters. The summed E-state index contributed by atoms with van der Waals surface area (Å²) in [6, 6.07) is 0. The zero-order valence-corrected chi connectivity index (χ0v) is 9.52. The molecule has 0 amide bonds. The zero-order valence-electron chi connectivity index (χ0n) is 8.76. The summed E-state index contributed by atoms with van der Waals surface area (Å²) < 4.78 is 5.25. The van der Waals surface area contributed by atoms with Gasteiger partial charge in [-0.1, -0.05) is 31.5 Å². The van der Waals surface area contributed by atoms with Crippen molar-refractivity contribution in [3.8, 4) is 0 Å². The van der Waals surface area contributed by atoms with Crippen LogP contribution in [-0.4, -0.2) is 37.5 Å². The molecule has 0 aliphatic heterocycles. The number of rotatable bonds is 9. The van der Waals surface area contributed by atoms with Gasteiger partial charge in [0.05, 0.1) is 12.7 Å². The van der Waals surface area contributed by atoms with Crippen LogP contribution in [0.4, 0.5) is 0 Å². The minimum absolute atomic E-state index is 0.377. The van der Waals surface area contributed by atoms with Crippen LogP contribution >= 0.6 is 11.6 Å². The molecule has 0 aromatic rings. The molecule has 0 fully saturated rings. The van der Waals surface area contributed by atoms with Crippen molar-refractivity contribution in [3.05, 3.63) is 11.6 Å². The number of halogens is 1. The quantitative estimate of drug-likeness (QED) is 0.580. The van der Waals surface area contributed by atoms with Crippen molar-refractivity contribution in [3.63, 3.8) is 0 Å². The Labute approximate surface area is 91.1 Å². The van der Waals surface area contributed by atoms with E-state index in [2.05, 4.69) is 18.8 Å². The molecule has 3 nitrogen and oxygen atoms in total. The summed E-state index contributed by atoms with van der Waals surface area (Å²) in [6.07, 6.45) is 1.68. The predicted molar refractivity (Wildman–Crippen MR) is 59.6 cm³/mol. The molecule has 0 spiro atoms. The average molecular weight is 222 g/mol. The summed E-state index contributed by atoms with van der Waals surface area (Å²) >= 11 is 5.54. The first-order valence-electron chi connectivity index (χ1n) is 4.96. The van der Waals surface area contributed by atoms with Gasteiger partial charge >= 0.3 is 0 Å². The molecule has 0 saturated carbocycles. The second-order valence-electron chi connectivity index (χ2n) is 3.23. The molecule has 2 N–H and O–H groups in total. The van der Waals surface area contributed by atoms with E-state index in [0.717, 1.165) is 19.4 Å². The molecule has 1 atom stereocenters. The first-order valence-corrected chi connectivity index (χ1v) is 5.34. The van der Waals surface area contributed by atoms with E-state index in [1.54, 1.807) is 0 Å². The van der Waals surface area contributed by atoms with Crippen molar-refractivity contribution >= 4 is 11.6 Å². The molecule has 84 valence electrons. The minimum Gasteiger partial charge on any atom is -0.389 e. The SMILES string of the molecule is C=C(Cl)CNCC(O)COCCCC. The molecule has 14 heavy (non-hydrogen) atoms.